The van der Waals surface area contributed by atoms with Crippen LogP contribution >= 0.6 is 0 Å². The fraction of sp³-hybridized carbons (Fsp3) is 0.533. The second kappa shape index (κ2) is 5.24. The maximum absolute atomic E-state index is 12.7. The summed E-state index contributed by atoms with van der Waals surface area (Å²) >= 11 is 0. The van der Waals surface area contributed by atoms with Crippen LogP contribution in [-0.4, -0.2) is 51.5 Å². The highest BCUT2D eigenvalue weighted by Crippen LogP contribution is 2.25. The van der Waals surface area contributed by atoms with Gasteiger partial charge in [-0.2, -0.15) is 0 Å². The Balaban J connectivity index is 2.07. The number of hydrogen-bond acceptors (Lipinski definition) is 4. The molecular formula is C15H20N4O3. The molecule has 1 saturated heterocycles. The molecule has 1 fully saturated rings. The van der Waals surface area contributed by atoms with Crippen LogP contribution in [0.4, 0.5) is 0 Å². The van der Waals surface area contributed by atoms with Crippen molar-refractivity contribution in [1.29, 1.82) is 0 Å². The first-order valence-corrected chi connectivity index (χ1v) is 7.51. The van der Waals surface area contributed by atoms with Gasteiger partial charge < -0.3 is 15.2 Å². The number of primary amides is 1. The number of carbonyl (C=O) groups is 2. The molecule has 3 rings (SSSR count). The molecule has 7 heteroatoms. The fourth-order valence-corrected chi connectivity index (χ4v) is 3.36. The van der Waals surface area contributed by atoms with E-state index in [1.807, 2.05) is 4.90 Å². The van der Waals surface area contributed by atoms with Crippen LogP contribution in [0.2, 0.25) is 0 Å². The zero-order chi connectivity index (χ0) is 16.0. The second-order valence-electron chi connectivity index (χ2n) is 6.12. The van der Waals surface area contributed by atoms with Crippen molar-refractivity contribution in [2.24, 2.45) is 5.73 Å². The monoisotopic (exact) mass is 304 g/mol. The molecule has 0 saturated carbocycles. The van der Waals surface area contributed by atoms with Gasteiger partial charge in [-0.05, 0) is 20.3 Å². The molecule has 3 heterocycles. The van der Waals surface area contributed by atoms with Crippen molar-refractivity contribution in [3.63, 3.8) is 0 Å². The van der Waals surface area contributed by atoms with Crippen molar-refractivity contribution >= 4 is 11.8 Å². The van der Waals surface area contributed by atoms with Gasteiger partial charge in [0.15, 0.2) is 5.43 Å². The molecule has 1 aromatic rings. The van der Waals surface area contributed by atoms with E-state index in [0.29, 0.717) is 24.8 Å². The van der Waals surface area contributed by atoms with Gasteiger partial charge in [-0.15, -0.1) is 0 Å². The first-order chi connectivity index (χ1) is 10.4. The number of carbonyl (C=O) groups excluding carboxylic acids is 2. The average Bonchev–Trinajstić information content (AvgIpc) is 2.47. The molecular weight excluding hydrogens is 284 g/mol. The van der Waals surface area contributed by atoms with Gasteiger partial charge in [0, 0.05) is 31.4 Å². The molecule has 2 N–H and O–H groups in total. The molecule has 1 unspecified atom stereocenters. The number of nitrogens with two attached hydrogens (primary N) is 1. The second-order valence-corrected chi connectivity index (χ2v) is 6.12. The summed E-state index contributed by atoms with van der Waals surface area (Å²) in [4.78, 5) is 40.0. The van der Waals surface area contributed by atoms with Crippen LogP contribution in [0.15, 0.2) is 17.1 Å². The summed E-state index contributed by atoms with van der Waals surface area (Å²) in [5.41, 5.74) is 4.99. The van der Waals surface area contributed by atoms with Gasteiger partial charge in [-0.25, -0.2) is 0 Å². The van der Waals surface area contributed by atoms with Crippen molar-refractivity contribution in [2.75, 3.05) is 13.1 Å². The highest BCUT2D eigenvalue weighted by molar-refractivity contribution is 5.96. The maximum atomic E-state index is 12.7. The van der Waals surface area contributed by atoms with E-state index in [2.05, 4.69) is 18.7 Å². The van der Waals surface area contributed by atoms with Crippen LogP contribution in [0, 0.1) is 0 Å². The van der Waals surface area contributed by atoms with Crippen molar-refractivity contribution in [2.45, 2.75) is 39.0 Å². The Labute approximate surface area is 128 Å². The zero-order valence-electron chi connectivity index (χ0n) is 12.8. The SMILES string of the molecule is CC(C)N1CCCN2C(=O)c3cc(=O)c(C(N)=O)cn3CC21. The smallest absolute Gasteiger partial charge is 0.271 e. The van der Waals surface area contributed by atoms with Gasteiger partial charge in [0.25, 0.3) is 11.8 Å². The third kappa shape index (κ3) is 2.21. The number of hydrogen-bond donors (Lipinski definition) is 1. The molecule has 0 aromatic carbocycles. The predicted octanol–water partition coefficient (Wildman–Crippen LogP) is -0.157. The summed E-state index contributed by atoms with van der Waals surface area (Å²) < 4.78 is 1.69. The molecule has 0 aliphatic carbocycles. The first-order valence-electron chi connectivity index (χ1n) is 7.51. The molecule has 0 bridgehead atoms. The predicted molar refractivity (Wildman–Crippen MR) is 80.5 cm³/mol. The quantitative estimate of drug-likeness (QED) is 0.822. The Kier molecular flexibility index (Phi) is 3.52. The lowest BCUT2D eigenvalue weighted by atomic mass is 10.1. The van der Waals surface area contributed by atoms with Gasteiger partial charge in [0.2, 0.25) is 0 Å². The first kappa shape index (κ1) is 14.8. The molecule has 1 atom stereocenters. The lowest BCUT2D eigenvalue weighted by molar-refractivity contribution is -0.0234. The van der Waals surface area contributed by atoms with E-state index >= 15 is 0 Å². The highest BCUT2D eigenvalue weighted by Gasteiger charge is 2.39. The Morgan fingerprint density at radius 2 is 2.05 bits per heavy atom. The minimum atomic E-state index is -0.764. The molecule has 2 amide bonds. The number of rotatable bonds is 2. The molecule has 0 spiro atoms. The van der Waals surface area contributed by atoms with Gasteiger partial charge >= 0.3 is 0 Å². The highest BCUT2D eigenvalue weighted by atomic mass is 16.2. The van der Waals surface area contributed by atoms with Gasteiger partial charge in [-0.1, -0.05) is 0 Å². The van der Waals surface area contributed by atoms with E-state index in [4.69, 9.17) is 5.73 Å². The van der Waals surface area contributed by atoms with Gasteiger partial charge in [0.05, 0.1) is 6.54 Å². The van der Waals surface area contributed by atoms with Crippen LogP contribution in [0.3, 0.4) is 0 Å². The lowest BCUT2D eigenvalue weighted by Crippen LogP contribution is -2.62. The summed E-state index contributed by atoms with van der Waals surface area (Å²) in [7, 11) is 0. The number of fused-ring (bicyclic) bond motifs is 2. The standard InChI is InChI=1S/C15H20N4O3/c1-9(2)18-4-3-5-19-13(18)8-17-7-10(14(16)21)12(20)6-11(17)15(19)22/h6-7,9,13H,3-5,8H2,1-2H3,(H2,16,21). The Bertz CT molecular complexity index is 695. The number of aromatic nitrogens is 1. The largest absolute Gasteiger partial charge is 0.365 e. The Morgan fingerprint density at radius 3 is 2.68 bits per heavy atom. The van der Waals surface area contributed by atoms with Crippen LogP contribution in [0.5, 0.6) is 0 Å². The molecule has 2 aliphatic heterocycles. The van der Waals surface area contributed by atoms with Crippen molar-refractivity contribution in [3.05, 3.63) is 33.7 Å². The minimum Gasteiger partial charge on any atom is -0.365 e. The fourth-order valence-electron chi connectivity index (χ4n) is 3.36. The van der Waals surface area contributed by atoms with Crippen molar-refractivity contribution in [3.8, 4) is 0 Å². The topological polar surface area (TPSA) is 88.6 Å². The summed E-state index contributed by atoms with van der Waals surface area (Å²) in [5, 5.41) is 0. The number of pyridine rings is 1. The lowest BCUT2D eigenvalue weighted by Gasteiger charge is -2.48. The van der Waals surface area contributed by atoms with Crippen LogP contribution < -0.4 is 11.2 Å². The molecule has 2 aliphatic rings. The minimum absolute atomic E-state index is 0.0445. The third-order valence-corrected chi connectivity index (χ3v) is 4.45. The number of amides is 2. The summed E-state index contributed by atoms with van der Waals surface area (Å²) in [6.45, 7) is 6.37. The molecule has 22 heavy (non-hydrogen) atoms. The maximum Gasteiger partial charge on any atom is 0.271 e. The normalized spacial score (nSPS) is 21.7. The zero-order valence-corrected chi connectivity index (χ0v) is 12.8. The van der Waals surface area contributed by atoms with E-state index < -0.39 is 11.3 Å². The van der Waals surface area contributed by atoms with E-state index in [9.17, 15) is 14.4 Å². The van der Waals surface area contributed by atoms with Crippen LogP contribution in [-0.2, 0) is 6.54 Å². The van der Waals surface area contributed by atoms with E-state index in [0.717, 1.165) is 13.0 Å². The Morgan fingerprint density at radius 1 is 1.32 bits per heavy atom. The van der Waals surface area contributed by atoms with Gasteiger partial charge in [-0.3, -0.25) is 19.3 Å². The van der Waals surface area contributed by atoms with E-state index in [-0.39, 0.29) is 17.6 Å². The van der Waals surface area contributed by atoms with Crippen molar-refractivity contribution < 1.29 is 9.59 Å². The number of nitrogens with zero attached hydrogens (tertiary/aromatic N) is 3. The van der Waals surface area contributed by atoms with Crippen LogP contribution in [0.25, 0.3) is 0 Å². The molecule has 1 aromatic heterocycles. The van der Waals surface area contributed by atoms with Crippen LogP contribution in [0.1, 0.15) is 41.1 Å². The molecule has 0 radical (unpaired) electrons. The average molecular weight is 304 g/mol. The third-order valence-electron chi connectivity index (χ3n) is 4.45. The van der Waals surface area contributed by atoms with Crippen molar-refractivity contribution in [1.82, 2.24) is 14.4 Å². The Hall–Kier alpha value is -2.15. The molecule has 7 nitrogen and oxygen atoms in total. The van der Waals surface area contributed by atoms with E-state index in [1.54, 1.807) is 4.57 Å². The summed E-state index contributed by atoms with van der Waals surface area (Å²) in [6, 6.07) is 1.55. The summed E-state index contributed by atoms with van der Waals surface area (Å²) in [6.07, 6.45) is 2.30. The van der Waals surface area contributed by atoms with E-state index in [1.165, 1.54) is 12.3 Å². The summed E-state index contributed by atoms with van der Waals surface area (Å²) in [5.74, 6) is -0.922. The van der Waals surface area contributed by atoms with Gasteiger partial charge in [0.1, 0.15) is 17.4 Å². The molecule has 118 valence electrons.